The first kappa shape index (κ1) is 25.9. The highest BCUT2D eigenvalue weighted by Gasteiger charge is 2.19. The first-order chi connectivity index (χ1) is 18.3. The van der Waals surface area contributed by atoms with Crippen LogP contribution < -0.4 is 10.9 Å². The molecule has 4 heterocycles. The van der Waals surface area contributed by atoms with Crippen molar-refractivity contribution in [2.75, 3.05) is 13.1 Å². The fraction of sp³-hybridized carbons (Fsp3) is 0.400. The first-order valence-electron chi connectivity index (χ1n) is 13.5. The van der Waals surface area contributed by atoms with Crippen molar-refractivity contribution < 1.29 is 4.79 Å². The molecule has 8 heteroatoms. The van der Waals surface area contributed by atoms with Gasteiger partial charge in [-0.2, -0.15) is 5.10 Å². The lowest BCUT2D eigenvalue weighted by Crippen LogP contribution is -2.29. The van der Waals surface area contributed by atoms with Crippen molar-refractivity contribution in [1.29, 1.82) is 0 Å². The van der Waals surface area contributed by atoms with Crippen molar-refractivity contribution in [3.63, 3.8) is 0 Å². The lowest BCUT2D eigenvalue weighted by atomic mass is 10.0. The molecule has 198 valence electrons. The molecular formula is C30H36N6O2. The molecule has 1 amide bonds. The summed E-state index contributed by atoms with van der Waals surface area (Å²) in [7, 11) is 0. The van der Waals surface area contributed by atoms with Gasteiger partial charge in [0.1, 0.15) is 0 Å². The molecule has 0 radical (unpaired) electrons. The van der Waals surface area contributed by atoms with Gasteiger partial charge in [0, 0.05) is 36.0 Å². The Morgan fingerprint density at radius 2 is 1.82 bits per heavy atom. The minimum absolute atomic E-state index is 0.0897. The highest BCUT2D eigenvalue weighted by Crippen LogP contribution is 2.27. The van der Waals surface area contributed by atoms with Crippen LogP contribution in [0.3, 0.4) is 0 Å². The van der Waals surface area contributed by atoms with Gasteiger partial charge >= 0.3 is 0 Å². The van der Waals surface area contributed by atoms with Crippen LogP contribution in [0.25, 0.3) is 22.3 Å². The van der Waals surface area contributed by atoms with Crippen LogP contribution >= 0.6 is 0 Å². The van der Waals surface area contributed by atoms with Gasteiger partial charge in [0.05, 0.1) is 22.8 Å². The molecule has 0 spiro atoms. The van der Waals surface area contributed by atoms with Crippen molar-refractivity contribution in [2.24, 2.45) is 0 Å². The number of carbonyl (C=O) groups is 1. The fourth-order valence-corrected chi connectivity index (χ4v) is 5.25. The van der Waals surface area contributed by atoms with Gasteiger partial charge in [0.2, 0.25) is 0 Å². The number of hydrogen-bond acceptors (Lipinski definition) is 5. The molecule has 1 saturated heterocycles. The minimum atomic E-state index is -0.261. The zero-order valence-electron chi connectivity index (χ0n) is 22.7. The maximum absolute atomic E-state index is 13.5. The lowest BCUT2D eigenvalue weighted by Gasteiger charge is -2.26. The topological polar surface area (TPSA) is 95.9 Å². The molecule has 8 nitrogen and oxygen atoms in total. The largest absolute Gasteiger partial charge is 0.348 e. The van der Waals surface area contributed by atoms with E-state index in [9.17, 15) is 9.59 Å². The maximum Gasteiger partial charge on any atom is 0.253 e. The predicted molar refractivity (Wildman–Crippen MR) is 150 cm³/mol. The second-order valence-corrected chi connectivity index (χ2v) is 10.6. The summed E-state index contributed by atoms with van der Waals surface area (Å²) in [6.07, 6.45) is 5.57. The molecule has 4 aromatic rings. The van der Waals surface area contributed by atoms with E-state index in [2.05, 4.69) is 44.6 Å². The summed E-state index contributed by atoms with van der Waals surface area (Å²) in [6.45, 7) is 11.2. The van der Waals surface area contributed by atoms with Crippen LogP contribution in [0.15, 0.2) is 47.4 Å². The highest BCUT2D eigenvalue weighted by molar-refractivity contribution is 6.06. The molecule has 1 aliphatic heterocycles. The summed E-state index contributed by atoms with van der Waals surface area (Å²) in [5.74, 6) is -0.261. The van der Waals surface area contributed by atoms with E-state index in [-0.39, 0.29) is 24.1 Å². The number of piperidine rings is 1. The number of likely N-dealkylation sites (tertiary alicyclic amines) is 1. The van der Waals surface area contributed by atoms with Gasteiger partial charge in [0.15, 0.2) is 5.65 Å². The number of nitrogens with zero attached hydrogens (tertiary/aromatic N) is 4. The fourth-order valence-electron chi connectivity index (χ4n) is 5.25. The summed E-state index contributed by atoms with van der Waals surface area (Å²) >= 11 is 0. The van der Waals surface area contributed by atoms with Crippen LogP contribution in [0, 0.1) is 13.8 Å². The molecule has 38 heavy (non-hydrogen) atoms. The molecule has 1 fully saturated rings. The van der Waals surface area contributed by atoms with Crippen molar-refractivity contribution in [1.82, 2.24) is 30.0 Å². The molecule has 3 aromatic heterocycles. The number of aromatic amines is 1. The Morgan fingerprint density at radius 1 is 1.08 bits per heavy atom. The van der Waals surface area contributed by atoms with E-state index < -0.39 is 0 Å². The van der Waals surface area contributed by atoms with E-state index in [0.717, 1.165) is 42.1 Å². The molecular weight excluding hydrogens is 476 g/mol. The number of rotatable bonds is 7. The first-order valence-corrected chi connectivity index (χ1v) is 13.5. The van der Waals surface area contributed by atoms with Crippen LogP contribution in [0.5, 0.6) is 0 Å². The standard InChI is InChI=1S/C30H36N6O2/c1-19(2)36-28-26(17-32-36)24(29(37)31-16-25-20(3)14-21(4)33-30(25)38)15-27(34-28)23-10-8-22(9-11-23)18-35-12-6-5-7-13-35/h8-11,14-15,17,19H,5-7,12-13,16,18H2,1-4H3,(H,31,37)(H,33,38). The SMILES string of the molecule is Cc1cc(C)c(CNC(=O)c2cc(-c3ccc(CN4CCCCC4)cc3)nc3c2cnn3C(C)C)c(=O)[nH]1. The number of hydrogen-bond donors (Lipinski definition) is 2. The molecule has 0 unspecified atom stereocenters. The van der Waals surface area contributed by atoms with E-state index in [1.165, 1.54) is 24.8 Å². The monoisotopic (exact) mass is 512 g/mol. The minimum Gasteiger partial charge on any atom is -0.348 e. The predicted octanol–water partition coefficient (Wildman–Crippen LogP) is 4.90. The van der Waals surface area contributed by atoms with Gasteiger partial charge in [-0.15, -0.1) is 0 Å². The van der Waals surface area contributed by atoms with Gasteiger partial charge in [-0.3, -0.25) is 14.5 Å². The van der Waals surface area contributed by atoms with Crippen LogP contribution in [-0.2, 0) is 13.1 Å². The van der Waals surface area contributed by atoms with E-state index in [1.54, 1.807) is 6.20 Å². The molecule has 0 saturated carbocycles. The van der Waals surface area contributed by atoms with Crippen molar-refractivity contribution in [3.8, 4) is 11.3 Å². The molecule has 0 aliphatic carbocycles. The third kappa shape index (κ3) is 5.41. The van der Waals surface area contributed by atoms with Crippen LogP contribution in [-0.4, -0.2) is 43.6 Å². The van der Waals surface area contributed by atoms with E-state index in [4.69, 9.17) is 4.98 Å². The summed E-state index contributed by atoms with van der Waals surface area (Å²) in [5, 5.41) is 8.16. The molecule has 1 aromatic carbocycles. The molecule has 2 N–H and O–H groups in total. The summed E-state index contributed by atoms with van der Waals surface area (Å²) in [4.78, 5) is 36.2. The summed E-state index contributed by atoms with van der Waals surface area (Å²) in [6, 6.07) is 12.3. The summed E-state index contributed by atoms with van der Waals surface area (Å²) < 4.78 is 1.84. The van der Waals surface area contributed by atoms with Gasteiger partial charge in [0.25, 0.3) is 11.5 Å². The third-order valence-corrected chi connectivity index (χ3v) is 7.32. The summed E-state index contributed by atoms with van der Waals surface area (Å²) in [5.41, 5.74) is 6.14. The maximum atomic E-state index is 13.5. The zero-order valence-corrected chi connectivity index (χ0v) is 22.7. The van der Waals surface area contributed by atoms with E-state index in [1.807, 2.05) is 44.5 Å². The Balaban J connectivity index is 1.45. The number of aromatic nitrogens is 4. The average Bonchev–Trinajstić information content (AvgIpc) is 3.33. The second kappa shape index (κ2) is 10.9. The Hall–Kier alpha value is -3.78. The van der Waals surface area contributed by atoms with E-state index >= 15 is 0 Å². The number of fused-ring (bicyclic) bond motifs is 1. The highest BCUT2D eigenvalue weighted by atomic mass is 16.1. The number of pyridine rings is 2. The van der Waals surface area contributed by atoms with Crippen molar-refractivity contribution >= 4 is 16.9 Å². The molecule has 5 rings (SSSR count). The number of amides is 1. The number of benzene rings is 1. The van der Waals surface area contributed by atoms with E-state index in [0.29, 0.717) is 22.2 Å². The van der Waals surface area contributed by atoms with Gasteiger partial charge in [-0.25, -0.2) is 9.67 Å². The Morgan fingerprint density at radius 3 is 2.50 bits per heavy atom. The van der Waals surface area contributed by atoms with Gasteiger partial charge in [-0.05, 0) is 76.9 Å². The number of nitrogens with one attached hydrogen (secondary N) is 2. The number of carbonyl (C=O) groups excluding carboxylic acids is 1. The van der Waals surface area contributed by atoms with Crippen LogP contribution in [0.1, 0.15) is 71.9 Å². The lowest BCUT2D eigenvalue weighted by molar-refractivity contribution is 0.0952. The molecule has 0 bridgehead atoms. The quantitative estimate of drug-likeness (QED) is 0.367. The smallest absolute Gasteiger partial charge is 0.253 e. The van der Waals surface area contributed by atoms with Crippen molar-refractivity contribution in [3.05, 3.63) is 80.9 Å². The Bertz CT molecular complexity index is 1510. The van der Waals surface area contributed by atoms with Crippen LogP contribution in [0.4, 0.5) is 0 Å². The Kier molecular flexibility index (Phi) is 7.42. The third-order valence-electron chi connectivity index (χ3n) is 7.32. The normalized spacial score (nSPS) is 14.3. The molecule has 0 atom stereocenters. The second-order valence-electron chi connectivity index (χ2n) is 10.6. The van der Waals surface area contributed by atoms with Crippen molar-refractivity contribution in [2.45, 2.75) is 66.1 Å². The Labute approximate surface area is 223 Å². The number of H-pyrrole nitrogens is 1. The van der Waals surface area contributed by atoms with Gasteiger partial charge < -0.3 is 10.3 Å². The molecule has 1 aliphatic rings. The van der Waals surface area contributed by atoms with Crippen LogP contribution in [0.2, 0.25) is 0 Å². The number of aryl methyl sites for hydroxylation is 2. The zero-order chi connectivity index (χ0) is 26.8. The average molecular weight is 513 g/mol. The van der Waals surface area contributed by atoms with Gasteiger partial charge in [-0.1, -0.05) is 30.7 Å².